The van der Waals surface area contributed by atoms with Crippen molar-refractivity contribution in [2.75, 3.05) is 5.75 Å². The molecule has 0 aliphatic carbocycles. The number of thioether (sulfide) groups is 1. The number of hydrogen-bond donors (Lipinski definition) is 4. The highest BCUT2D eigenvalue weighted by Gasteiger charge is 2.60. The van der Waals surface area contributed by atoms with Crippen molar-refractivity contribution in [3.8, 4) is 0 Å². The van der Waals surface area contributed by atoms with Crippen LogP contribution in [0.25, 0.3) is 0 Å². The standard InChI is InChI=1S/C14H23NO6S/c1-6(2)9(16)14(10(17)8(4)11(18)15-14)13(21)22-5-7(3)12(19)20/h6-10,16-17H,5H2,1-4H3,(H,15,18)(H,19,20). The summed E-state index contributed by atoms with van der Waals surface area (Å²) in [7, 11) is 0. The van der Waals surface area contributed by atoms with Crippen molar-refractivity contribution in [1.82, 2.24) is 5.32 Å². The molecule has 0 aromatic heterocycles. The minimum atomic E-state index is -1.80. The normalized spacial score (nSPS) is 31.0. The lowest BCUT2D eigenvalue weighted by Gasteiger charge is -2.37. The van der Waals surface area contributed by atoms with Crippen molar-refractivity contribution in [2.24, 2.45) is 17.8 Å². The van der Waals surface area contributed by atoms with Crippen LogP contribution in [0.15, 0.2) is 0 Å². The molecule has 8 heteroatoms. The summed E-state index contributed by atoms with van der Waals surface area (Å²) < 4.78 is 0. The Morgan fingerprint density at radius 3 is 2.27 bits per heavy atom. The summed E-state index contributed by atoms with van der Waals surface area (Å²) in [6, 6.07) is 0. The van der Waals surface area contributed by atoms with Crippen molar-refractivity contribution in [2.45, 2.75) is 45.4 Å². The second-order valence-electron chi connectivity index (χ2n) is 6.12. The molecule has 1 amide bonds. The van der Waals surface area contributed by atoms with Crippen LogP contribution < -0.4 is 5.32 Å². The van der Waals surface area contributed by atoms with Crippen LogP contribution in [0.3, 0.4) is 0 Å². The number of carboxylic acid groups (broad SMARTS) is 1. The minimum absolute atomic E-state index is 0.00228. The first-order valence-electron chi connectivity index (χ1n) is 7.13. The fraction of sp³-hybridized carbons (Fsp3) is 0.786. The van der Waals surface area contributed by atoms with Crippen molar-refractivity contribution >= 4 is 28.8 Å². The number of hydrogen-bond acceptors (Lipinski definition) is 6. The fourth-order valence-electron chi connectivity index (χ4n) is 2.39. The SMILES string of the molecule is CC(CSC(=O)C1(C(O)C(C)C)NC(=O)C(C)C1O)C(=O)O. The highest BCUT2D eigenvalue weighted by Crippen LogP contribution is 2.36. The zero-order valence-corrected chi connectivity index (χ0v) is 13.9. The summed E-state index contributed by atoms with van der Waals surface area (Å²) in [4.78, 5) is 35.2. The van der Waals surface area contributed by atoms with Gasteiger partial charge in [0.25, 0.3) is 0 Å². The van der Waals surface area contributed by atoms with E-state index in [1.165, 1.54) is 13.8 Å². The van der Waals surface area contributed by atoms with E-state index >= 15 is 0 Å². The highest BCUT2D eigenvalue weighted by atomic mass is 32.2. The summed E-state index contributed by atoms with van der Waals surface area (Å²) in [6.45, 7) is 6.28. The largest absolute Gasteiger partial charge is 0.481 e. The van der Waals surface area contributed by atoms with Gasteiger partial charge in [0, 0.05) is 5.75 Å². The molecule has 126 valence electrons. The van der Waals surface area contributed by atoms with Gasteiger partial charge in [-0.25, -0.2) is 0 Å². The third kappa shape index (κ3) is 3.28. The lowest BCUT2D eigenvalue weighted by Crippen LogP contribution is -2.64. The van der Waals surface area contributed by atoms with E-state index in [0.717, 1.165) is 0 Å². The average molecular weight is 333 g/mol. The van der Waals surface area contributed by atoms with E-state index in [9.17, 15) is 24.6 Å². The molecular weight excluding hydrogens is 310 g/mol. The minimum Gasteiger partial charge on any atom is -0.481 e. The molecule has 1 aliphatic heterocycles. The van der Waals surface area contributed by atoms with Crippen molar-refractivity contribution < 1.29 is 29.7 Å². The number of nitrogens with one attached hydrogen (secondary N) is 1. The third-order valence-corrected chi connectivity index (χ3v) is 5.27. The van der Waals surface area contributed by atoms with E-state index in [1.807, 2.05) is 0 Å². The topological polar surface area (TPSA) is 124 Å². The van der Waals surface area contributed by atoms with E-state index < -0.39 is 46.6 Å². The van der Waals surface area contributed by atoms with E-state index in [4.69, 9.17) is 5.11 Å². The molecule has 0 bridgehead atoms. The molecule has 0 saturated carbocycles. The third-order valence-electron chi connectivity index (χ3n) is 4.01. The molecule has 1 aliphatic rings. The lowest BCUT2D eigenvalue weighted by molar-refractivity contribution is -0.140. The molecule has 1 heterocycles. The summed E-state index contributed by atoms with van der Waals surface area (Å²) >= 11 is 0.708. The fourth-order valence-corrected chi connectivity index (χ4v) is 3.46. The first-order valence-corrected chi connectivity index (χ1v) is 8.12. The Hall–Kier alpha value is -1.12. The maximum absolute atomic E-state index is 12.6. The molecule has 0 aromatic carbocycles. The number of aliphatic hydroxyl groups is 2. The van der Waals surface area contributed by atoms with Gasteiger partial charge in [-0.1, -0.05) is 39.5 Å². The maximum Gasteiger partial charge on any atom is 0.307 e. The smallest absolute Gasteiger partial charge is 0.307 e. The number of amides is 1. The highest BCUT2D eigenvalue weighted by molar-refractivity contribution is 8.13. The van der Waals surface area contributed by atoms with Gasteiger partial charge in [-0.05, 0) is 5.92 Å². The molecule has 1 rings (SSSR count). The van der Waals surface area contributed by atoms with Crippen LogP contribution in [-0.4, -0.2) is 55.8 Å². The Balaban J connectivity index is 3.04. The quantitative estimate of drug-likeness (QED) is 0.533. The van der Waals surface area contributed by atoms with Crippen LogP contribution >= 0.6 is 11.8 Å². The van der Waals surface area contributed by atoms with Gasteiger partial charge in [-0.2, -0.15) is 0 Å². The molecule has 4 N–H and O–H groups in total. The molecule has 7 nitrogen and oxygen atoms in total. The Bertz CT molecular complexity index is 468. The van der Waals surface area contributed by atoms with Crippen LogP contribution in [0, 0.1) is 17.8 Å². The Labute approximate surface area is 133 Å². The van der Waals surface area contributed by atoms with Gasteiger partial charge >= 0.3 is 5.97 Å². The Morgan fingerprint density at radius 2 is 1.91 bits per heavy atom. The molecule has 0 aromatic rings. The van der Waals surface area contributed by atoms with Crippen LogP contribution in [0.1, 0.15) is 27.7 Å². The van der Waals surface area contributed by atoms with Gasteiger partial charge in [-0.3, -0.25) is 14.4 Å². The Kier molecular flexibility index (Phi) is 6.00. The van der Waals surface area contributed by atoms with Crippen molar-refractivity contribution in [3.63, 3.8) is 0 Å². The van der Waals surface area contributed by atoms with Crippen LogP contribution in [0.4, 0.5) is 0 Å². The summed E-state index contributed by atoms with van der Waals surface area (Å²) in [5, 5.41) is 31.4. The molecular formula is C14H23NO6S. The van der Waals surface area contributed by atoms with Gasteiger partial charge in [-0.15, -0.1) is 0 Å². The molecule has 1 saturated heterocycles. The van der Waals surface area contributed by atoms with Gasteiger partial charge in [0.15, 0.2) is 5.54 Å². The monoisotopic (exact) mass is 333 g/mol. The summed E-state index contributed by atoms with van der Waals surface area (Å²) in [5.74, 6) is -3.50. The second-order valence-corrected chi connectivity index (χ2v) is 7.11. The first kappa shape index (κ1) is 18.9. The van der Waals surface area contributed by atoms with Crippen LogP contribution in [0.5, 0.6) is 0 Å². The summed E-state index contributed by atoms with van der Waals surface area (Å²) in [5.41, 5.74) is -1.80. The zero-order valence-electron chi connectivity index (χ0n) is 13.1. The number of aliphatic carboxylic acids is 1. The van der Waals surface area contributed by atoms with Gasteiger partial charge in [0.05, 0.1) is 24.0 Å². The summed E-state index contributed by atoms with van der Waals surface area (Å²) in [6.07, 6.45) is -2.63. The first-order chi connectivity index (χ1) is 10.1. The van der Waals surface area contributed by atoms with Crippen molar-refractivity contribution in [3.05, 3.63) is 0 Å². The van der Waals surface area contributed by atoms with Gasteiger partial charge < -0.3 is 20.6 Å². The van der Waals surface area contributed by atoms with Crippen molar-refractivity contribution in [1.29, 1.82) is 0 Å². The number of aliphatic hydroxyl groups excluding tert-OH is 2. The van der Waals surface area contributed by atoms with E-state index in [1.54, 1.807) is 13.8 Å². The predicted molar refractivity (Wildman–Crippen MR) is 81.2 cm³/mol. The number of carbonyl (C=O) groups excluding carboxylic acids is 2. The molecule has 0 spiro atoms. The number of carboxylic acids is 1. The molecule has 5 atom stereocenters. The molecule has 0 radical (unpaired) electrons. The van der Waals surface area contributed by atoms with E-state index in [2.05, 4.69) is 5.32 Å². The maximum atomic E-state index is 12.6. The number of rotatable bonds is 6. The van der Waals surface area contributed by atoms with Gasteiger partial charge in [0.2, 0.25) is 11.0 Å². The average Bonchev–Trinajstić information content (AvgIpc) is 2.68. The number of carbonyl (C=O) groups is 3. The molecule has 5 unspecified atom stereocenters. The van der Waals surface area contributed by atoms with Crippen LogP contribution in [0.2, 0.25) is 0 Å². The second kappa shape index (κ2) is 6.97. The van der Waals surface area contributed by atoms with Gasteiger partial charge in [0.1, 0.15) is 0 Å². The van der Waals surface area contributed by atoms with E-state index in [0.29, 0.717) is 11.8 Å². The zero-order chi connectivity index (χ0) is 17.2. The molecule has 22 heavy (non-hydrogen) atoms. The lowest BCUT2D eigenvalue weighted by atomic mass is 9.81. The van der Waals surface area contributed by atoms with Crippen LogP contribution in [-0.2, 0) is 14.4 Å². The molecule has 1 fully saturated rings. The Morgan fingerprint density at radius 1 is 1.36 bits per heavy atom. The predicted octanol–water partition coefficient (Wildman–Crippen LogP) is -0.151. The van der Waals surface area contributed by atoms with E-state index in [-0.39, 0.29) is 11.7 Å².